The van der Waals surface area contributed by atoms with Crippen molar-refractivity contribution in [3.05, 3.63) is 24.2 Å². The summed E-state index contributed by atoms with van der Waals surface area (Å²) in [5, 5.41) is 0. The number of furan rings is 1. The molecule has 0 bridgehead atoms. The second kappa shape index (κ2) is 6.59. The third-order valence-corrected chi connectivity index (χ3v) is 2.11. The van der Waals surface area contributed by atoms with Crippen LogP contribution in [-0.4, -0.2) is 19.3 Å². The average molecular weight is 198 g/mol. The minimum absolute atomic E-state index is 0.249. The molecule has 1 heterocycles. The summed E-state index contributed by atoms with van der Waals surface area (Å²) in [7, 11) is 0. The summed E-state index contributed by atoms with van der Waals surface area (Å²) in [6.07, 6.45) is 5.20. The lowest BCUT2D eigenvalue weighted by Gasteiger charge is -2.14. The van der Waals surface area contributed by atoms with Crippen LogP contribution in [0.15, 0.2) is 23.0 Å². The Bertz CT molecular complexity index is 224. The molecule has 14 heavy (non-hydrogen) atoms. The molecular formula is C10H18N2O2. The fourth-order valence-electron chi connectivity index (χ4n) is 1.31. The Kier molecular flexibility index (Phi) is 5.29. The van der Waals surface area contributed by atoms with E-state index in [4.69, 9.17) is 15.0 Å². The maximum absolute atomic E-state index is 5.44. The van der Waals surface area contributed by atoms with Crippen LogP contribution in [-0.2, 0) is 11.2 Å². The highest BCUT2D eigenvalue weighted by atomic mass is 16.5. The maximum Gasteiger partial charge on any atom is 0.0935 e. The number of hydrogen-bond donors (Lipinski definition) is 2. The molecule has 0 amide bonds. The lowest BCUT2D eigenvalue weighted by molar-refractivity contribution is 0.136. The van der Waals surface area contributed by atoms with Gasteiger partial charge in [-0.15, -0.1) is 0 Å². The van der Waals surface area contributed by atoms with Crippen molar-refractivity contribution in [3.63, 3.8) is 0 Å². The van der Waals surface area contributed by atoms with Gasteiger partial charge >= 0.3 is 0 Å². The predicted octanol–water partition coefficient (Wildman–Crippen LogP) is 1.08. The topological polar surface area (TPSA) is 60.4 Å². The average Bonchev–Trinajstić information content (AvgIpc) is 2.69. The molecule has 0 aliphatic carbocycles. The molecule has 3 N–H and O–H groups in total. The van der Waals surface area contributed by atoms with Crippen LogP contribution in [0.1, 0.15) is 18.9 Å². The van der Waals surface area contributed by atoms with Crippen molar-refractivity contribution in [1.29, 1.82) is 0 Å². The van der Waals surface area contributed by atoms with Gasteiger partial charge in [-0.05, 0) is 31.4 Å². The van der Waals surface area contributed by atoms with Crippen LogP contribution in [0.5, 0.6) is 0 Å². The summed E-state index contributed by atoms with van der Waals surface area (Å²) in [5.41, 5.74) is 3.93. The highest BCUT2D eigenvalue weighted by Gasteiger charge is 2.07. The van der Waals surface area contributed by atoms with Gasteiger partial charge in [-0.3, -0.25) is 11.3 Å². The monoisotopic (exact) mass is 198 g/mol. The lowest BCUT2D eigenvalue weighted by Crippen LogP contribution is -2.37. The Morgan fingerprint density at radius 2 is 2.50 bits per heavy atom. The first kappa shape index (κ1) is 11.2. The second-order valence-electron chi connectivity index (χ2n) is 3.18. The molecule has 1 aromatic heterocycles. The van der Waals surface area contributed by atoms with Gasteiger partial charge in [-0.1, -0.05) is 0 Å². The first-order chi connectivity index (χ1) is 6.86. The molecule has 4 nitrogen and oxygen atoms in total. The normalized spacial score (nSPS) is 13.0. The maximum atomic E-state index is 5.44. The molecule has 0 aromatic carbocycles. The predicted molar refractivity (Wildman–Crippen MR) is 54.6 cm³/mol. The van der Waals surface area contributed by atoms with Crippen LogP contribution in [0.2, 0.25) is 0 Å². The van der Waals surface area contributed by atoms with Crippen LogP contribution in [0.25, 0.3) is 0 Å². The molecule has 0 spiro atoms. The van der Waals surface area contributed by atoms with Crippen molar-refractivity contribution in [1.82, 2.24) is 5.43 Å². The summed E-state index contributed by atoms with van der Waals surface area (Å²) in [4.78, 5) is 0. The van der Waals surface area contributed by atoms with Crippen LogP contribution < -0.4 is 11.3 Å². The Hall–Kier alpha value is -0.840. The molecular weight excluding hydrogens is 180 g/mol. The van der Waals surface area contributed by atoms with Gasteiger partial charge in [0.05, 0.1) is 12.5 Å². The number of hydrazine groups is 1. The lowest BCUT2D eigenvalue weighted by atomic mass is 10.1. The third kappa shape index (κ3) is 3.91. The SMILES string of the molecule is CCOCCC(Cc1ccoc1)NN. The molecule has 0 radical (unpaired) electrons. The fourth-order valence-corrected chi connectivity index (χ4v) is 1.31. The molecule has 80 valence electrons. The fraction of sp³-hybridized carbons (Fsp3) is 0.600. The third-order valence-electron chi connectivity index (χ3n) is 2.11. The van der Waals surface area contributed by atoms with Gasteiger partial charge < -0.3 is 9.15 Å². The molecule has 1 atom stereocenters. The van der Waals surface area contributed by atoms with Crippen molar-refractivity contribution in [2.24, 2.45) is 5.84 Å². The minimum atomic E-state index is 0.249. The van der Waals surface area contributed by atoms with E-state index in [1.54, 1.807) is 12.5 Å². The van der Waals surface area contributed by atoms with Crippen molar-refractivity contribution >= 4 is 0 Å². The smallest absolute Gasteiger partial charge is 0.0935 e. The summed E-state index contributed by atoms with van der Waals surface area (Å²) in [6.45, 7) is 3.48. The van der Waals surface area contributed by atoms with E-state index in [-0.39, 0.29) is 6.04 Å². The Labute approximate surface area is 84.4 Å². The van der Waals surface area contributed by atoms with Crippen LogP contribution in [0.3, 0.4) is 0 Å². The van der Waals surface area contributed by atoms with Gasteiger partial charge in [0.2, 0.25) is 0 Å². The van der Waals surface area contributed by atoms with E-state index in [0.717, 1.165) is 31.6 Å². The van der Waals surface area contributed by atoms with Crippen LogP contribution in [0.4, 0.5) is 0 Å². The van der Waals surface area contributed by atoms with E-state index in [1.807, 2.05) is 13.0 Å². The molecule has 0 aliphatic heterocycles. The largest absolute Gasteiger partial charge is 0.472 e. The number of ether oxygens (including phenoxy) is 1. The molecule has 0 saturated carbocycles. The van der Waals surface area contributed by atoms with Gasteiger partial charge in [0.1, 0.15) is 0 Å². The summed E-state index contributed by atoms with van der Waals surface area (Å²) in [6, 6.07) is 2.20. The molecule has 0 fully saturated rings. The molecule has 1 unspecified atom stereocenters. The molecule has 4 heteroatoms. The molecule has 1 aromatic rings. The zero-order chi connectivity index (χ0) is 10.2. The summed E-state index contributed by atoms with van der Waals surface area (Å²) in [5.74, 6) is 5.44. The second-order valence-corrected chi connectivity index (χ2v) is 3.18. The van der Waals surface area contributed by atoms with E-state index in [1.165, 1.54) is 0 Å². The Balaban J connectivity index is 2.24. The first-order valence-electron chi connectivity index (χ1n) is 4.91. The number of nitrogens with one attached hydrogen (secondary N) is 1. The number of hydrogen-bond acceptors (Lipinski definition) is 4. The number of rotatable bonds is 7. The van der Waals surface area contributed by atoms with E-state index < -0.39 is 0 Å². The van der Waals surface area contributed by atoms with Crippen molar-refractivity contribution in [2.75, 3.05) is 13.2 Å². The van der Waals surface area contributed by atoms with Gasteiger partial charge in [0.15, 0.2) is 0 Å². The van der Waals surface area contributed by atoms with Gasteiger partial charge in [-0.2, -0.15) is 0 Å². The molecule has 1 rings (SSSR count). The zero-order valence-corrected chi connectivity index (χ0v) is 8.53. The van der Waals surface area contributed by atoms with Crippen LogP contribution in [0, 0.1) is 0 Å². The summed E-state index contributed by atoms with van der Waals surface area (Å²) >= 11 is 0. The van der Waals surface area contributed by atoms with E-state index in [0.29, 0.717) is 0 Å². The minimum Gasteiger partial charge on any atom is -0.472 e. The Morgan fingerprint density at radius 1 is 1.64 bits per heavy atom. The van der Waals surface area contributed by atoms with E-state index >= 15 is 0 Å². The van der Waals surface area contributed by atoms with E-state index in [2.05, 4.69) is 5.43 Å². The molecule has 0 aliphatic rings. The van der Waals surface area contributed by atoms with Gasteiger partial charge in [0, 0.05) is 19.3 Å². The summed E-state index contributed by atoms with van der Waals surface area (Å²) < 4.78 is 10.3. The first-order valence-corrected chi connectivity index (χ1v) is 4.91. The van der Waals surface area contributed by atoms with Gasteiger partial charge in [-0.25, -0.2) is 0 Å². The standard InChI is InChI=1S/C10H18N2O2/c1-2-13-6-4-10(12-11)7-9-3-5-14-8-9/h3,5,8,10,12H,2,4,6-7,11H2,1H3. The zero-order valence-electron chi connectivity index (χ0n) is 8.53. The molecule has 0 saturated heterocycles. The Morgan fingerprint density at radius 3 is 3.07 bits per heavy atom. The number of nitrogens with two attached hydrogens (primary N) is 1. The quantitative estimate of drug-likeness (QED) is 0.391. The van der Waals surface area contributed by atoms with Crippen LogP contribution >= 0.6 is 0 Å². The van der Waals surface area contributed by atoms with Gasteiger partial charge in [0.25, 0.3) is 0 Å². The van der Waals surface area contributed by atoms with E-state index in [9.17, 15) is 0 Å². The van der Waals surface area contributed by atoms with Crippen molar-refractivity contribution in [3.8, 4) is 0 Å². The van der Waals surface area contributed by atoms with Crippen molar-refractivity contribution < 1.29 is 9.15 Å². The highest BCUT2D eigenvalue weighted by Crippen LogP contribution is 2.06. The highest BCUT2D eigenvalue weighted by molar-refractivity contribution is 5.07. The van der Waals surface area contributed by atoms with Crippen molar-refractivity contribution in [2.45, 2.75) is 25.8 Å².